The predicted molar refractivity (Wildman–Crippen MR) is 41.9 cm³/mol. The van der Waals surface area contributed by atoms with Crippen LogP contribution in [0.5, 0.6) is 0 Å². The first-order chi connectivity index (χ1) is 4.16. The molecule has 0 saturated carbocycles. The van der Waals surface area contributed by atoms with E-state index in [1.54, 1.807) is 6.92 Å². The van der Waals surface area contributed by atoms with E-state index in [2.05, 4.69) is 0 Å². The van der Waals surface area contributed by atoms with Crippen LogP contribution in [-0.2, 0) is 30.2 Å². The van der Waals surface area contributed by atoms with E-state index in [1.807, 2.05) is 6.26 Å². The van der Waals surface area contributed by atoms with Crippen LogP contribution in [0.25, 0.3) is 0 Å². The van der Waals surface area contributed by atoms with Gasteiger partial charge in [-0.3, -0.25) is 4.79 Å². The summed E-state index contributed by atoms with van der Waals surface area (Å²) in [6, 6.07) is 0. The van der Waals surface area contributed by atoms with E-state index in [1.165, 1.54) is 0 Å². The molecule has 0 aliphatic carbocycles. The number of hydrogen-bond donors (Lipinski definition) is 0. The number of carbonyl (C=O) groups is 1. The van der Waals surface area contributed by atoms with Crippen molar-refractivity contribution in [3.63, 3.8) is 0 Å². The lowest BCUT2D eigenvalue weighted by molar-refractivity contribution is -0.141. The van der Waals surface area contributed by atoms with Crippen LogP contribution in [0.4, 0.5) is 0 Å². The fourth-order valence-corrected chi connectivity index (χ4v) is 0.693. The molecule has 54 valence electrons. The summed E-state index contributed by atoms with van der Waals surface area (Å²) < 4.78 is 4.72. The molecule has 0 aliphatic rings. The van der Waals surface area contributed by atoms with Crippen LogP contribution >= 0.6 is 0 Å². The highest BCUT2D eigenvalue weighted by Gasteiger charge is 1.95. The van der Waals surface area contributed by atoms with Gasteiger partial charge in [-0.2, -0.15) is 0 Å². The normalized spacial score (nSPS) is 12.7. The molecule has 1 unspecified atom stereocenters. The molecule has 0 fully saturated rings. The second-order valence-electron chi connectivity index (χ2n) is 1.56. The quantitative estimate of drug-likeness (QED) is 0.575. The molecule has 0 aromatic carbocycles. The van der Waals surface area contributed by atoms with Crippen molar-refractivity contribution < 1.29 is 9.53 Å². The number of carbonyl (C=O) groups excluding carboxylic acids is 1. The Morgan fingerprint density at radius 3 is 2.67 bits per heavy atom. The maximum atomic E-state index is 10.5. The molecular weight excluding hydrogens is 156 g/mol. The molecule has 0 aromatic heterocycles. The lowest BCUT2D eigenvalue weighted by Gasteiger charge is -1.99. The Morgan fingerprint density at radius 1 is 1.78 bits per heavy atom. The molecule has 9 heavy (non-hydrogen) atoms. The summed E-state index contributed by atoms with van der Waals surface area (Å²) >= 11 is 4.80. The van der Waals surface area contributed by atoms with E-state index >= 15 is 0 Å². The van der Waals surface area contributed by atoms with Crippen LogP contribution in [0.15, 0.2) is 0 Å². The van der Waals surface area contributed by atoms with Gasteiger partial charge in [-0.15, -0.1) is 0 Å². The van der Waals surface area contributed by atoms with Gasteiger partial charge in [0.05, 0.1) is 0 Å². The van der Waals surface area contributed by atoms with E-state index in [9.17, 15) is 4.79 Å². The van der Waals surface area contributed by atoms with Gasteiger partial charge in [0.25, 0.3) is 0 Å². The van der Waals surface area contributed by atoms with Gasteiger partial charge in [0.1, 0.15) is 5.94 Å². The monoisotopic (exact) mass is 166 g/mol. The molecule has 1 atom stereocenters. The van der Waals surface area contributed by atoms with Crippen molar-refractivity contribution in [2.45, 2.75) is 13.3 Å². The van der Waals surface area contributed by atoms with E-state index in [4.69, 9.17) is 15.9 Å². The summed E-state index contributed by atoms with van der Waals surface area (Å²) in [6.45, 7) is 1.76. The first-order valence-electron chi connectivity index (χ1n) is 2.62. The molecule has 0 spiro atoms. The Hall–Kier alpha value is 0.0400. The summed E-state index contributed by atoms with van der Waals surface area (Å²) in [5, 5.41) is 0. The van der Waals surface area contributed by atoms with Gasteiger partial charge in [0.2, 0.25) is 0 Å². The first kappa shape index (κ1) is 9.04. The van der Waals surface area contributed by atoms with Crippen LogP contribution in [0.3, 0.4) is 0 Å². The Bertz CT molecular complexity index is 122. The molecule has 0 aliphatic heterocycles. The summed E-state index contributed by atoms with van der Waals surface area (Å²) in [5.74, 6) is 0.223. The molecule has 2 nitrogen and oxygen atoms in total. The number of rotatable bonds is 3. The lowest BCUT2D eigenvalue weighted by Crippen LogP contribution is -2.06. The third-order valence-corrected chi connectivity index (χ3v) is 1.41. The van der Waals surface area contributed by atoms with Crippen molar-refractivity contribution in [1.82, 2.24) is 0 Å². The SMILES string of the molecule is CCC(=O)OCS(C)=S. The molecule has 0 bridgehead atoms. The summed E-state index contributed by atoms with van der Waals surface area (Å²) in [5.41, 5.74) is 0. The van der Waals surface area contributed by atoms with Crippen LogP contribution in [-0.4, -0.2) is 18.2 Å². The highest BCUT2D eigenvalue weighted by molar-refractivity contribution is 8.28. The molecule has 0 heterocycles. The van der Waals surface area contributed by atoms with Crippen molar-refractivity contribution in [2.24, 2.45) is 0 Å². The van der Waals surface area contributed by atoms with Crippen molar-refractivity contribution in [1.29, 1.82) is 0 Å². The minimum Gasteiger partial charge on any atom is -0.454 e. The van der Waals surface area contributed by atoms with Crippen LogP contribution in [0.2, 0.25) is 0 Å². The summed E-state index contributed by atoms with van der Waals surface area (Å²) in [6.07, 6.45) is 2.30. The van der Waals surface area contributed by atoms with Gasteiger partial charge in [0.15, 0.2) is 0 Å². The Balaban J connectivity index is 3.28. The zero-order valence-corrected chi connectivity index (χ0v) is 7.18. The molecule has 0 aromatic rings. The van der Waals surface area contributed by atoms with E-state index in [0.29, 0.717) is 12.4 Å². The summed E-state index contributed by atoms with van der Waals surface area (Å²) in [4.78, 5) is 10.5. The maximum absolute atomic E-state index is 10.5. The largest absolute Gasteiger partial charge is 0.454 e. The Labute approximate surface area is 62.2 Å². The number of esters is 1. The highest BCUT2D eigenvalue weighted by Crippen LogP contribution is 1.85. The van der Waals surface area contributed by atoms with Crippen molar-refractivity contribution in [3.05, 3.63) is 0 Å². The van der Waals surface area contributed by atoms with Gasteiger partial charge in [-0.1, -0.05) is 16.4 Å². The van der Waals surface area contributed by atoms with Gasteiger partial charge in [0, 0.05) is 6.42 Å². The van der Waals surface area contributed by atoms with Crippen molar-refractivity contribution >= 4 is 26.6 Å². The molecule has 0 saturated heterocycles. The average Bonchev–Trinajstić information content (AvgIpc) is 1.83. The zero-order valence-electron chi connectivity index (χ0n) is 5.55. The first-order valence-corrected chi connectivity index (χ1v) is 5.35. The van der Waals surface area contributed by atoms with Gasteiger partial charge in [-0.05, 0) is 17.4 Å². The zero-order chi connectivity index (χ0) is 7.28. The number of ether oxygens (including phenoxy) is 1. The fraction of sp³-hybridized carbons (Fsp3) is 0.800. The smallest absolute Gasteiger partial charge is 0.306 e. The standard InChI is InChI=1S/C5H10O2S2/c1-3-5(6)7-4-9(2)8/h3-4H2,1-2H3. The minimum atomic E-state index is -0.197. The molecule has 4 heteroatoms. The van der Waals surface area contributed by atoms with Crippen molar-refractivity contribution in [2.75, 3.05) is 12.2 Å². The third-order valence-electron chi connectivity index (χ3n) is 0.675. The molecule has 0 rings (SSSR count). The van der Waals surface area contributed by atoms with Crippen LogP contribution in [0, 0.1) is 0 Å². The maximum Gasteiger partial charge on any atom is 0.306 e. The second kappa shape index (κ2) is 4.88. The van der Waals surface area contributed by atoms with Crippen LogP contribution < -0.4 is 0 Å². The molecule has 0 amide bonds. The van der Waals surface area contributed by atoms with Crippen molar-refractivity contribution in [3.8, 4) is 0 Å². The lowest BCUT2D eigenvalue weighted by atomic mass is 10.5. The minimum absolute atomic E-state index is 0.167. The van der Waals surface area contributed by atoms with Gasteiger partial charge >= 0.3 is 5.97 Å². The van der Waals surface area contributed by atoms with E-state index < -0.39 is 0 Å². The Kier molecular flexibility index (Phi) is 4.90. The number of hydrogen-bond acceptors (Lipinski definition) is 3. The predicted octanol–water partition coefficient (Wildman–Crippen LogP) is 0.607. The fourth-order valence-electron chi connectivity index (χ4n) is 0.251. The highest BCUT2D eigenvalue weighted by atomic mass is 32.8. The summed E-state index contributed by atoms with van der Waals surface area (Å²) in [7, 11) is -0.197. The average molecular weight is 166 g/mol. The van der Waals surface area contributed by atoms with Crippen LogP contribution in [0.1, 0.15) is 13.3 Å². The molecular formula is C5H10O2S2. The molecule has 0 radical (unpaired) electrons. The van der Waals surface area contributed by atoms with E-state index in [-0.39, 0.29) is 15.4 Å². The van der Waals surface area contributed by atoms with Gasteiger partial charge in [-0.25, -0.2) is 0 Å². The second-order valence-corrected chi connectivity index (χ2v) is 4.65. The third kappa shape index (κ3) is 5.92. The molecule has 0 N–H and O–H groups in total. The van der Waals surface area contributed by atoms with E-state index in [0.717, 1.165) is 0 Å². The Morgan fingerprint density at radius 2 is 2.33 bits per heavy atom. The topological polar surface area (TPSA) is 26.3 Å². The van der Waals surface area contributed by atoms with Gasteiger partial charge < -0.3 is 4.74 Å².